The number of phenols is 1. The van der Waals surface area contributed by atoms with Crippen molar-refractivity contribution >= 4 is 12.1 Å². The fourth-order valence-corrected chi connectivity index (χ4v) is 2.00. The van der Waals surface area contributed by atoms with Gasteiger partial charge in [-0.3, -0.25) is 4.79 Å². The Morgan fingerprint density at radius 1 is 1.05 bits per heavy atom. The van der Waals surface area contributed by atoms with Crippen LogP contribution in [0.25, 0.3) is 0 Å². The van der Waals surface area contributed by atoms with Crippen LogP contribution >= 0.6 is 0 Å². The maximum absolute atomic E-state index is 12.4. The number of Topliss-reactive ketones (excluding diaryl/α,β-unsaturated/α-hetero) is 1. The standard InChI is InChI=1S/C16H14O3/c17-11-10-15(12-6-8-14(18)9-7-12)16(19)13-4-2-1-3-5-13/h1-9,11,15,18H,10H2. The molecular weight excluding hydrogens is 240 g/mol. The van der Waals surface area contributed by atoms with Gasteiger partial charge in [0, 0.05) is 12.0 Å². The summed E-state index contributed by atoms with van der Waals surface area (Å²) in [7, 11) is 0. The van der Waals surface area contributed by atoms with Gasteiger partial charge in [-0.25, -0.2) is 0 Å². The van der Waals surface area contributed by atoms with Gasteiger partial charge < -0.3 is 9.90 Å². The van der Waals surface area contributed by atoms with E-state index < -0.39 is 5.92 Å². The van der Waals surface area contributed by atoms with Gasteiger partial charge in [0.2, 0.25) is 0 Å². The number of carbonyl (C=O) groups is 2. The fraction of sp³-hybridized carbons (Fsp3) is 0.125. The molecule has 0 aromatic heterocycles. The summed E-state index contributed by atoms with van der Waals surface area (Å²) in [5.74, 6) is -0.445. The Bertz CT molecular complexity index is 558. The first-order chi connectivity index (χ1) is 9.22. The topological polar surface area (TPSA) is 54.4 Å². The number of aromatic hydroxyl groups is 1. The highest BCUT2D eigenvalue weighted by atomic mass is 16.3. The first-order valence-corrected chi connectivity index (χ1v) is 6.04. The minimum absolute atomic E-state index is 0.0848. The molecule has 0 aliphatic rings. The van der Waals surface area contributed by atoms with E-state index in [4.69, 9.17) is 0 Å². The fourth-order valence-electron chi connectivity index (χ4n) is 2.00. The third-order valence-electron chi connectivity index (χ3n) is 3.00. The maximum Gasteiger partial charge on any atom is 0.170 e. The molecule has 96 valence electrons. The first-order valence-electron chi connectivity index (χ1n) is 6.04. The van der Waals surface area contributed by atoms with Crippen molar-refractivity contribution in [2.45, 2.75) is 12.3 Å². The Kier molecular flexibility index (Phi) is 4.08. The lowest BCUT2D eigenvalue weighted by Crippen LogP contribution is -2.13. The van der Waals surface area contributed by atoms with Crippen LogP contribution in [0.3, 0.4) is 0 Å². The van der Waals surface area contributed by atoms with Crippen LogP contribution in [-0.4, -0.2) is 17.2 Å². The molecule has 0 aliphatic carbocycles. The Hall–Kier alpha value is -2.42. The minimum Gasteiger partial charge on any atom is -0.508 e. The molecule has 0 bridgehead atoms. The van der Waals surface area contributed by atoms with E-state index in [0.29, 0.717) is 5.56 Å². The highest BCUT2D eigenvalue weighted by Gasteiger charge is 2.21. The van der Waals surface area contributed by atoms with Crippen LogP contribution in [0.2, 0.25) is 0 Å². The van der Waals surface area contributed by atoms with Crippen molar-refractivity contribution in [3.63, 3.8) is 0 Å². The highest BCUT2D eigenvalue weighted by molar-refractivity contribution is 6.01. The van der Waals surface area contributed by atoms with Crippen molar-refractivity contribution in [1.29, 1.82) is 0 Å². The summed E-state index contributed by atoms with van der Waals surface area (Å²) in [5.41, 5.74) is 1.32. The van der Waals surface area contributed by atoms with Gasteiger partial charge in [-0.05, 0) is 17.7 Å². The molecule has 1 atom stereocenters. The third kappa shape index (κ3) is 3.07. The molecular formula is C16H14O3. The monoisotopic (exact) mass is 254 g/mol. The number of ketones is 1. The van der Waals surface area contributed by atoms with Gasteiger partial charge in [-0.15, -0.1) is 0 Å². The van der Waals surface area contributed by atoms with Gasteiger partial charge in [-0.1, -0.05) is 42.5 Å². The highest BCUT2D eigenvalue weighted by Crippen LogP contribution is 2.25. The summed E-state index contributed by atoms with van der Waals surface area (Å²) >= 11 is 0. The zero-order valence-corrected chi connectivity index (χ0v) is 10.3. The van der Waals surface area contributed by atoms with Crippen molar-refractivity contribution in [2.24, 2.45) is 0 Å². The van der Waals surface area contributed by atoms with Crippen LogP contribution in [0.15, 0.2) is 54.6 Å². The number of aldehydes is 1. The second-order valence-electron chi connectivity index (χ2n) is 4.28. The largest absolute Gasteiger partial charge is 0.508 e. The van der Waals surface area contributed by atoms with E-state index >= 15 is 0 Å². The van der Waals surface area contributed by atoms with Crippen molar-refractivity contribution in [3.05, 3.63) is 65.7 Å². The molecule has 0 aliphatic heterocycles. The van der Waals surface area contributed by atoms with E-state index in [1.54, 1.807) is 36.4 Å². The molecule has 0 spiro atoms. The van der Waals surface area contributed by atoms with Crippen LogP contribution in [0.4, 0.5) is 0 Å². The van der Waals surface area contributed by atoms with Gasteiger partial charge in [0.05, 0.1) is 5.92 Å². The third-order valence-corrected chi connectivity index (χ3v) is 3.00. The number of benzene rings is 2. The molecule has 0 heterocycles. The quantitative estimate of drug-likeness (QED) is 0.659. The number of rotatable bonds is 5. The van der Waals surface area contributed by atoms with Crippen LogP contribution in [-0.2, 0) is 4.79 Å². The predicted octanol–water partition coefficient (Wildman–Crippen LogP) is 2.95. The summed E-state index contributed by atoms with van der Waals surface area (Å²) < 4.78 is 0. The van der Waals surface area contributed by atoms with E-state index in [1.165, 1.54) is 12.1 Å². The minimum atomic E-state index is -0.500. The maximum atomic E-state index is 12.4. The molecule has 0 saturated carbocycles. The average Bonchev–Trinajstić information content (AvgIpc) is 2.46. The lowest BCUT2D eigenvalue weighted by molar-refractivity contribution is -0.108. The van der Waals surface area contributed by atoms with Crippen molar-refractivity contribution < 1.29 is 14.7 Å². The molecule has 0 fully saturated rings. The number of carbonyl (C=O) groups excluding carboxylic acids is 2. The zero-order chi connectivity index (χ0) is 13.7. The van der Waals surface area contributed by atoms with E-state index in [2.05, 4.69) is 0 Å². The van der Waals surface area contributed by atoms with Crippen molar-refractivity contribution in [1.82, 2.24) is 0 Å². The Morgan fingerprint density at radius 2 is 1.68 bits per heavy atom. The average molecular weight is 254 g/mol. The summed E-state index contributed by atoms with van der Waals surface area (Å²) in [6.45, 7) is 0. The lowest BCUT2D eigenvalue weighted by atomic mass is 9.88. The van der Waals surface area contributed by atoms with Crippen LogP contribution in [0.5, 0.6) is 5.75 Å². The van der Waals surface area contributed by atoms with Crippen molar-refractivity contribution in [2.75, 3.05) is 0 Å². The molecule has 0 radical (unpaired) electrons. The van der Waals surface area contributed by atoms with Gasteiger partial charge >= 0.3 is 0 Å². The van der Waals surface area contributed by atoms with Crippen LogP contribution < -0.4 is 0 Å². The summed E-state index contributed by atoms with van der Waals surface area (Å²) in [6, 6.07) is 15.3. The number of phenolic OH excluding ortho intramolecular Hbond substituents is 1. The Balaban J connectivity index is 2.32. The van der Waals surface area contributed by atoms with Gasteiger partial charge in [-0.2, -0.15) is 0 Å². The molecule has 2 rings (SSSR count). The SMILES string of the molecule is O=CCC(C(=O)c1ccccc1)c1ccc(O)cc1. The van der Waals surface area contributed by atoms with E-state index in [1.807, 2.05) is 6.07 Å². The molecule has 19 heavy (non-hydrogen) atoms. The smallest absolute Gasteiger partial charge is 0.170 e. The van der Waals surface area contributed by atoms with Gasteiger partial charge in [0.15, 0.2) is 5.78 Å². The number of hydrogen-bond donors (Lipinski definition) is 1. The second-order valence-corrected chi connectivity index (χ2v) is 4.28. The molecule has 0 saturated heterocycles. The number of hydrogen-bond acceptors (Lipinski definition) is 3. The van der Waals surface area contributed by atoms with E-state index in [0.717, 1.165) is 11.8 Å². The van der Waals surface area contributed by atoms with Gasteiger partial charge in [0.1, 0.15) is 12.0 Å². The predicted molar refractivity (Wildman–Crippen MR) is 72.3 cm³/mol. The van der Waals surface area contributed by atoms with Crippen molar-refractivity contribution in [3.8, 4) is 5.75 Å². The van der Waals surface area contributed by atoms with Crippen LogP contribution in [0, 0.1) is 0 Å². The molecule has 1 unspecified atom stereocenters. The lowest BCUT2D eigenvalue weighted by Gasteiger charge is -2.13. The summed E-state index contributed by atoms with van der Waals surface area (Å²) in [6.07, 6.45) is 0.886. The Morgan fingerprint density at radius 3 is 2.26 bits per heavy atom. The van der Waals surface area contributed by atoms with Crippen LogP contribution in [0.1, 0.15) is 28.3 Å². The molecule has 2 aromatic carbocycles. The molecule has 2 aromatic rings. The Labute approximate surface area is 111 Å². The summed E-state index contributed by atoms with van der Waals surface area (Å²) in [5, 5.41) is 9.27. The first kappa shape index (κ1) is 13.0. The van der Waals surface area contributed by atoms with Gasteiger partial charge in [0.25, 0.3) is 0 Å². The second kappa shape index (κ2) is 5.96. The molecule has 1 N–H and O–H groups in total. The van der Waals surface area contributed by atoms with E-state index in [9.17, 15) is 14.7 Å². The molecule has 3 nitrogen and oxygen atoms in total. The zero-order valence-electron chi connectivity index (χ0n) is 10.3. The summed E-state index contributed by atoms with van der Waals surface area (Å²) in [4.78, 5) is 23.2. The molecule has 3 heteroatoms. The van der Waals surface area contributed by atoms with E-state index in [-0.39, 0.29) is 18.0 Å². The molecule has 0 amide bonds. The normalized spacial score (nSPS) is 11.8.